The van der Waals surface area contributed by atoms with Gasteiger partial charge < -0.3 is 21.3 Å². The Balaban J connectivity index is 1.81. The van der Waals surface area contributed by atoms with Crippen molar-refractivity contribution >= 4 is 23.0 Å². The first-order valence-corrected chi connectivity index (χ1v) is 9.68. The Kier molecular flexibility index (Phi) is 6.09. The lowest BCUT2D eigenvalue weighted by molar-refractivity contribution is -0.182. The molecule has 0 radical (unpaired) electrons. The van der Waals surface area contributed by atoms with Crippen molar-refractivity contribution in [1.82, 2.24) is 5.32 Å². The molecule has 29 heavy (non-hydrogen) atoms. The molecule has 3 rings (SSSR count). The number of carbonyl (C=O) groups excluding carboxylic acids is 1. The van der Waals surface area contributed by atoms with Crippen LogP contribution in [0.2, 0.25) is 0 Å². The first kappa shape index (κ1) is 21.4. The van der Waals surface area contributed by atoms with E-state index in [2.05, 4.69) is 10.6 Å². The van der Waals surface area contributed by atoms with Gasteiger partial charge in [-0.05, 0) is 38.2 Å². The molecule has 2 fully saturated rings. The lowest BCUT2D eigenvalue weighted by atomic mass is 9.85. The normalized spacial score (nSPS) is 25.2. The monoisotopic (exact) mass is 420 g/mol. The summed E-state index contributed by atoms with van der Waals surface area (Å²) in [5, 5.41) is 5.35. The lowest BCUT2D eigenvalue weighted by Crippen LogP contribution is -2.40. The van der Waals surface area contributed by atoms with Gasteiger partial charge in [-0.3, -0.25) is 4.79 Å². The van der Waals surface area contributed by atoms with Gasteiger partial charge in [0, 0.05) is 26.2 Å². The van der Waals surface area contributed by atoms with Crippen molar-refractivity contribution in [1.29, 1.82) is 0 Å². The predicted octanol–water partition coefficient (Wildman–Crippen LogP) is 3.85. The fourth-order valence-electron chi connectivity index (χ4n) is 4.14. The Morgan fingerprint density at radius 1 is 1.21 bits per heavy atom. The molecule has 0 bridgehead atoms. The zero-order chi connectivity index (χ0) is 21.3. The summed E-state index contributed by atoms with van der Waals surface area (Å²) >= 11 is 0. The molecule has 1 heterocycles. The van der Waals surface area contributed by atoms with E-state index in [9.17, 15) is 22.4 Å². The molecule has 4 N–H and O–H groups in total. The summed E-state index contributed by atoms with van der Waals surface area (Å²) in [6, 6.07) is 0.890. The first-order chi connectivity index (χ1) is 13.6. The van der Waals surface area contributed by atoms with Gasteiger partial charge in [-0.2, -0.15) is 13.2 Å². The molecule has 0 unspecified atom stereocenters. The molecule has 1 aromatic rings. The number of rotatable bonds is 4. The minimum Gasteiger partial charge on any atom is -0.397 e. The fraction of sp³-hybridized carbons (Fsp3) is 0.632. The van der Waals surface area contributed by atoms with Gasteiger partial charge in [-0.15, -0.1) is 0 Å². The van der Waals surface area contributed by atoms with E-state index in [1.165, 1.54) is 18.0 Å². The highest BCUT2D eigenvalue weighted by atomic mass is 19.4. The van der Waals surface area contributed by atoms with Crippen molar-refractivity contribution in [2.75, 3.05) is 36.1 Å². The quantitative estimate of drug-likeness (QED) is 0.511. The van der Waals surface area contributed by atoms with E-state index < -0.39 is 36.0 Å². The number of hydrogen-bond donors (Lipinski definition) is 3. The van der Waals surface area contributed by atoms with E-state index >= 15 is 4.39 Å². The van der Waals surface area contributed by atoms with Crippen LogP contribution in [0.5, 0.6) is 0 Å². The largest absolute Gasteiger partial charge is 0.397 e. The second kappa shape index (κ2) is 8.23. The maximum atomic E-state index is 15.1. The van der Waals surface area contributed by atoms with E-state index in [4.69, 9.17) is 5.73 Å². The molecule has 2 aliphatic rings. The van der Waals surface area contributed by atoms with Gasteiger partial charge in [0.05, 0.1) is 28.5 Å². The van der Waals surface area contributed by atoms with Crippen LogP contribution in [0.4, 0.5) is 39.0 Å². The number of carbonyl (C=O) groups is 1. The number of nitrogens with one attached hydrogen (secondary N) is 2. The van der Waals surface area contributed by atoms with Gasteiger partial charge in [0.15, 0.2) is 5.82 Å². The first-order valence-electron chi connectivity index (χ1n) is 9.68. The topological polar surface area (TPSA) is 70.4 Å². The van der Waals surface area contributed by atoms with E-state index in [1.807, 2.05) is 0 Å². The molecule has 0 spiro atoms. The number of alkyl halides is 4. The van der Waals surface area contributed by atoms with Crippen LogP contribution >= 0.6 is 0 Å². The van der Waals surface area contributed by atoms with Gasteiger partial charge in [-0.1, -0.05) is 0 Å². The zero-order valence-corrected chi connectivity index (χ0v) is 16.1. The smallest absolute Gasteiger partial charge is 0.391 e. The van der Waals surface area contributed by atoms with Crippen LogP contribution in [0.3, 0.4) is 0 Å². The number of hydrogen-bond acceptors (Lipinski definition) is 4. The Morgan fingerprint density at radius 3 is 2.38 bits per heavy atom. The van der Waals surface area contributed by atoms with Crippen molar-refractivity contribution in [3.05, 3.63) is 17.4 Å². The number of benzene rings is 1. The van der Waals surface area contributed by atoms with Crippen LogP contribution in [0.15, 0.2) is 6.07 Å². The highest BCUT2D eigenvalue weighted by Gasteiger charge is 2.41. The zero-order valence-electron chi connectivity index (χ0n) is 16.1. The molecule has 1 atom stereocenters. The SMILES string of the molecule is CNc1c(N)cc(C(=O)NC2CCC(C(F)(F)F)CC2)c(N2CC[C@@H](F)C2)c1F. The summed E-state index contributed by atoms with van der Waals surface area (Å²) in [4.78, 5) is 14.3. The molecular formula is C19H25F5N4O. The van der Waals surface area contributed by atoms with Gasteiger partial charge in [0.1, 0.15) is 6.17 Å². The fourth-order valence-corrected chi connectivity index (χ4v) is 4.14. The average Bonchev–Trinajstić information content (AvgIpc) is 3.07. The number of halogens is 5. The summed E-state index contributed by atoms with van der Waals surface area (Å²) in [7, 11) is 1.49. The van der Waals surface area contributed by atoms with Crippen molar-refractivity contribution in [2.24, 2.45) is 5.92 Å². The van der Waals surface area contributed by atoms with Crippen LogP contribution < -0.4 is 21.3 Å². The van der Waals surface area contributed by atoms with E-state index in [0.29, 0.717) is 0 Å². The van der Waals surface area contributed by atoms with Gasteiger partial charge in [0.2, 0.25) is 0 Å². The molecule has 0 aromatic heterocycles. The van der Waals surface area contributed by atoms with Crippen molar-refractivity contribution in [2.45, 2.75) is 50.5 Å². The highest BCUT2D eigenvalue weighted by molar-refractivity contribution is 6.02. The lowest BCUT2D eigenvalue weighted by Gasteiger charge is -2.31. The second-order valence-corrected chi connectivity index (χ2v) is 7.70. The standard InChI is InChI=1S/C19H25F5N4O/c1-26-16-14(25)8-13(17(15(16)21)28-7-6-11(20)9-28)18(29)27-12-4-2-10(3-5-12)19(22,23)24/h8,10-12,26H,2-7,9,25H2,1H3,(H,27,29)/t10?,11-,12?/m1/s1. The molecule has 1 aliphatic carbocycles. The van der Waals surface area contributed by atoms with Crippen molar-refractivity contribution in [3.63, 3.8) is 0 Å². The summed E-state index contributed by atoms with van der Waals surface area (Å²) in [5.41, 5.74) is 5.83. The predicted molar refractivity (Wildman–Crippen MR) is 101 cm³/mol. The Bertz CT molecular complexity index is 762. The molecular weight excluding hydrogens is 395 g/mol. The van der Waals surface area contributed by atoms with Crippen LogP contribution in [-0.4, -0.2) is 44.4 Å². The summed E-state index contributed by atoms with van der Waals surface area (Å²) in [6.45, 7) is 0.211. The van der Waals surface area contributed by atoms with E-state index in [1.54, 1.807) is 0 Å². The number of nitrogens with two attached hydrogens (primary N) is 1. The van der Waals surface area contributed by atoms with Crippen LogP contribution in [-0.2, 0) is 0 Å². The molecule has 1 saturated carbocycles. The number of anilines is 3. The Hall–Kier alpha value is -2.26. The van der Waals surface area contributed by atoms with Crippen LogP contribution in [0.25, 0.3) is 0 Å². The summed E-state index contributed by atoms with van der Waals surface area (Å²) < 4.78 is 67.3. The molecule has 10 heteroatoms. The third-order valence-corrected chi connectivity index (χ3v) is 5.74. The highest BCUT2D eigenvalue weighted by Crippen LogP contribution is 2.39. The third-order valence-electron chi connectivity index (χ3n) is 5.74. The molecule has 162 valence electrons. The summed E-state index contributed by atoms with van der Waals surface area (Å²) in [5.74, 6) is -2.72. The van der Waals surface area contributed by atoms with E-state index in [0.717, 1.165) is 0 Å². The van der Waals surface area contributed by atoms with Crippen molar-refractivity contribution in [3.8, 4) is 0 Å². The molecule has 1 saturated heterocycles. The van der Waals surface area contributed by atoms with Gasteiger partial charge in [0.25, 0.3) is 5.91 Å². The third kappa shape index (κ3) is 4.51. The second-order valence-electron chi connectivity index (χ2n) is 7.70. The van der Waals surface area contributed by atoms with Crippen LogP contribution in [0.1, 0.15) is 42.5 Å². The molecule has 1 aliphatic heterocycles. The molecule has 1 amide bonds. The Morgan fingerprint density at radius 2 is 1.86 bits per heavy atom. The Labute approximate surface area is 165 Å². The summed E-state index contributed by atoms with van der Waals surface area (Å²) in [6.07, 6.45) is -4.89. The number of amides is 1. The number of nitrogen functional groups attached to an aromatic ring is 1. The minimum absolute atomic E-state index is 0.0181. The minimum atomic E-state index is -4.23. The van der Waals surface area contributed by atoms with E-state index in [-0.39, 0.29) is 67.8 Å². The average molecular weight is 420 g/mol. The van der Waals surface area contributed by atoms with Crippen molar-refractivity contribution < 1.29 is 26.7 Å². The molecule has 5 nitrogen and oxygen atoms in total. The van der Waals surface area contributed by atoms with Crippen LogP contribution in [0, 0.1) is 11.7 Å². The van der Waals surface area contributed by atoms with Gasteiger partial charge >= 0.3 is 6.18 Å². The maximum Gasteiger partial charge on any atom is 0.391 e. The number of nitrogens with zero attached hydrogens (tertiary/aromatic N) is 1. The molecule has 1 aromatic carbocycles. The maximum absolute atomic E-state index is 15.1. The van der Waals surface area contributed by atoms with Gasteiger partial charge in [-0.25, -0.2) is 8.78 Å².